The van der Waals surface area contributed by atoms with Gasteiger partial charge in [0.1, 0.15) is 5.75 Å². The lowest BCUT2D eigenvalue weighted by molar-refractivity contribution is 0.195. The monoisotopic (exact) mass is 265 g/mol. The van der Waals surface area contributed by atoms with Crippen molar-refractivity contribution >= 4 is 0 Å². The summed E-state index contributed by atoms with van der Waals surface area (Å²) in [6.45, 7) is 10.4. The molecule has 0 saturated carbocycles. The summed E-state index contributed by atoms with van der Waals surface area (Å²) in [6, 6.07) is 4.79. The lowest BCUT2D eigenvalue weighted by Crippen LogP contribution is -2.33. The maximum Gasteiger partial charge on any atom is 0.122 e. The summed E-state index contributed by atoms with van der Waals surface area (Å²) in [7, 11) is 3.45. The van der Waals surface area contributed by atoms with Gasteiger partial charge in [-0.3, -0.25) is 0 Å². The molecule has 3 heteroatoms. The van der Waals surface area contributed by atoms with Crippen LogP contribution in [0.2, 0.25) is 0 Å². The normalized spacial score (nSPS) is 14.2. The minimum absolute atomic E-state index is 0.418. The van der Waals surface area contributed by atoms with Crippen LogP contribution in [-0.4, -0.2) is 33.4 Å². The molecular formula is C16H27NO2. The van der Waals surface area contributed by atoms with E-state index in [4.69, 9.17) is 9.47 Å². The second-order valence-corrected chi connectivity index (χ2v) is 5.20. The predicted octanol–water partition coefficient (Wildman–Crippen LogP) is 3.04. The van der Waals surface area contributed by atoms with Crippen molar-refractivity contribution in [1.82, 2.24) is 5.32 Å². The zero-order valence-corrected chi connectivity index (χ0v) is 13.0. The van der Waals surface area contributed by atoms with Crippen molar-refractivity contribution in [2.24, 2.45) is 0 Å². The standard InChI is InChI=1S/C16H27NO2/c1-11-10-16(19-6)12(2)9-15(11)13(3)14(4)17-7-8-18-5/h9-10,13-14,17H,7-8H2,1-6H3. The molecule has 0 aliphatic heterocycles. The Morgan fingerprint density at radius 3 is 2.37 bits per heavy atom. The van der Waals surface area contributed by atoms with Crippen molar-refractivity contribution < 1.29 is 9.47 Å². The number of aryl methyl sites for hydroxylation is 2. The van der Waals surface area contributed by atoms with Crippen molar-refractivity contribution in [2.45, 2.75) is 39.7 Å². The van der Waals surface area contributed by atoms with Crippen LogP contribution < -0.4 is 10.1 Å². The average molecular weight is 265 g/mol. The van der Waals surface area contributed by atoms with Crippen molar-refractivity contribution in [3.63, 3.8) is 0 Å². The molecule has 0 aliphatic carbocycles. The second kappa shape index (κ2) is 7.51. The number of hydrogen-bond acceptors (Lipinski definition) is 3. The number of benzene rings is 1. The van der Waals surface area contributed by atoms with Gasteiger partial charge in [0, 0.05) is 19.7 Å². The highest BCUT2D eigenvalue weighted by Gasteiger charge is 2.17. The SMILES string of the molecule is COCCNC(C)C(C)c1cc(C)c(OC)cc1C. The molecule has 1 aromatic rings. The average Bonchev–Trinajstić information content (AvgIpc) is 2.40. The molecule has 0 saturated heterocycles. The summed E-state index contributed by atoms with van der Waals surface area (Å²) in [4.78, 5) is 0. The molecule has 3 nitrogen and oxygen atoms in total. The number of hydrogen-bond donors (Lipinski definition) is 1. The fraction of sp³-hybridized carbons (Fsp3) is 0.625. The van der Waals surface area contributed by atoms with Crippen LogP contribution in [0, 0.1) is 13.8 Å². The van der Waals surface area contributed by atoms with Crippen LogP contribution in [0.3, 0.4) is 0 Å². The van der Waals surface area contributed by atoms with Crippen molar-refractivity contribution in [3.05, 3.63) is 28.8 Å². The van der Waals surface area contributed by atoms with Crippen LogP contribution in [0.1, 0.15) is 36.5 Å². The lowest BCUT2D eigenvalue weighted by atomic mass is 9.89. The van der Waals surface area contributed by atoms with Gasteiger partial charge in [0.05, 0.1) is 13.7 Å². The maximum atomic E-state index is 5.37. The van der Waals surface area contributed by atoms with E-state index < -0.39 is 0 Å². The zero-order chi connectivity index (χ0) is 14.4. The summed E-state index contributed by atoms with van der Waals surface area (Å²) < 4.78 is 10.4. The molecule has 2 atom stereocenters. The van der Waals surface area contributed by atoms with Crippen LogP contribution in [0.4, 0.5) is 0 Å². The van der Waals surface area contributed by atoms with Gasteiger partial charge in [-0.1, -0.05) is 13.0 Å². The van der Waals surface area contributed by atoms with Gasteiger partial charge in [-0.05, 0) is 49.4 Å². The number of nitrogens with one attached hydrogen (secondary N) is 1. The van der Waals surface area contributed by atoms with Crippen molar-refractivity contribution in [1.29, 1.82) is 0 Å². The quantitative estimate of drug-likeness (QED) is 0.769. The highest BCUT2D eigenvalue weighted by Crippen LogP contribution is 2.29. The Balaban J connectivity index is 2.81. The van der Waals surface area contributed by atoms with E-state index in [1.54, 1.807) is 14.2 Å². The lowest BCUT2D eigenvalue weighted by Gasteiger charge is -2.24. The summed E-state index contributed by atoms with van der Waals surface area (Å²) in [5, 5.41) is 3.50. The molecule has 0 radical (unpaired) electrons. The molecule has 108 valence electrons. The van der Waals surface area contributed by atoms with Gasteiger partial charge in [-0.2, -0.15) is 0 Å². The number of rotatable bonds is 7. The predicted molar refractivity (Wildman–Crippen MR) is 80.2 cm³/mol. The molecule has 0 heterocycles. The Bertz CT molecular complexity index is 404. The van der Waals surface area contributed by atoms with E-state index in [0.29, 0.717) is 12.0 Å². The first-order chi connectivity index (χ1) is 9.01. The van der Waals surface area contributed by atoms with Gasteiger partial charge in [0.2, 0.25) is 0 Å². The second-order valence-electron chi connectivity index (χ2n) is 5.20. The van der Waals surface area contributed by atoms with E-state index in [2.05, 4.69) is 45.1 Å². The largest absolute Gasteiger partial charge is 0.496 e. The summed E-state index contributed by atoms with van der Waals surface area (Å²) in [6.07, 6.45) is 0. The van der Waals surface area contributed by atoms with Crippen molar-refractivity contribution in [3.8, 4) is 5.75 Å². The van der Waals surface area contributed by atoms with Crippen LogP contribution in [0.25, 0.3) is 0 Å². The molecule has 0 aromatic heterocycles. The van der Waals surface area contributed by atoms with Gasteiger partial charge in [-0.25, -0.2) is 0 Å². The van der Waals surface area contributed by atoms with Gasteiger partial charge in [0.15, 0.2) is 0 Å². The summed E-state index contributed by atoms with van der Waals surface area (Å²) in [5.74, 6) is 1.43. The third-order valence-electron chi connectivity index (χ3n) is 3.80. The Kier molecular flexibility index (Phi) is 6.32. The minimum Gasteiger partial charge on any atom is -0.496 e. The van der Waals surface area contributed by atoms with Crippen LogP contribution in [0.5, 0.6) is 5.75 Å². The molecule has 1 N–H and O–H groups in total. The van der Waals surface area contributed by atoms with Gasteiger partial charge < -0.3 is 14.8 Å². The Morgan fingerprint density at radius 2 is 1.79 bits per heavy atom. The Morgan fingerprint density at radius 1 is 1.11 bits per heavy atom. The van der Waals surface area contributed by atoms with Crippen molar-refractivity contribution in [2.75, 3.05) is 27.4 Å². The van der Waals surface area contributed by atoms with E-state index >= 15 is 0 Å². The van der Waals surface area contributed by atoms with E-state index in [0.717, 1.165) is 18.9 Å². The molecule has 2 unspecified atom stereocenters. The van der Waals surface area contributed by atoms with E-state index in [9.17, 15) is 0 Å². The fourth-order valence-corrected chi connectivity index (χ4v) is 2.36. The van der Waals surface area contributed by atoms with Crippen LogP contribution in [0.15, 0.2) is 12.1 Å². The van der Waals surface area contributed by atoms with E-state index in [1.807, 2.05) is 0 Å². The Labute approximate surface area is 117 Å². The smallest absolute Gasteiger partial charge is 0.122 e. The molecule has 0 aliphatic rings. The first-order valence-electron chi connectivity index (χ1n) is 6.88. The van der Waals surface area contributed by atoms with E-state index in [-0.39, 0.29) is 0 Å². The molecule has 1 aromatic carbocycles. The van der Waals surface area contributed by atoms with E-state index in [1.165, 1.54) is 16.7 Å². The fourth-order valence-electron chi connectivity index (χ4n) is 2.36. The highest BCUT2D eigenvalue weighted by molar-refractivity contribution is 5.43. The molecule has 0 bridgehead atoms. The Hall–Kier alpha value is -1.06. The van der Waals surface area contributed by atoms with Gasteiger partial charge in [0.25, 0.3) is 0 Å². The third-order valence-corrected chi connectivity index (χ3v) is 3.80. The zero-order valence-electron chi connectivity index (χ0n) is 13.0. The number of methoxy groups -OCH3 is 2. The van der Waals surface area contributed by atoms with Crippen LogP contribution in [-0.2, 0) is 4.74 Å². The van der Waals surface area contributed by atoms with Gasteiger partial charge >= 0.3 is 0 Å². The third kappa shape index (κ3) is 4.22. The van der Waals surface area contributed by atoms with Gasteiger partial charge in [-0.15, -0.1) is 0 Å². The number of ether oxygens (including phenoxy) is 2. The molecule has 0 fully saturated rings. The summed E-state index contributed by atoms with van der Waals surface area (Å²) in [5.41, 5.74) is 3.87. The summed E-state index contributed by atoms with van der Waals surface area (Å²) >= 11 is 0. The molecule has 1 rings (SSSR count). The molecule has 19 heavy (non-hydrogen) atoms. The molecule has 0 amide bonds. The first kappa shape index (κ1) is 16.0. The first-order valence-corrected chi connectivity index (χ1v) is 6.88. The maximum absolute atomic E-state index is 5.37. The minimum atomic E-state index is 0.418. The molecular weight excluding hydrogens is 238 g/mol. The van der Waals surface area contributed by atoms with Crippen LogP contribution >= 0.6 is 0 Å². The topological polar surface area (TPSA) is 30.5 Å². The highest BCUT2D eigenvalue weighted by atomic mass is 16.5. The molecule has 0 spiro atoms.